The van der Waals surface area contributed by atoms with Crippen molar-refractivity contribution in [3.8, 4) is 0 Å². The Morgan fingerprint density at radius 1 is 1.38 bits per heavy atom. The average Bonchev–Trinajstić information content (AvgIpc) is 2.29. The maximum Gasteiger partial charge on any atom is 0.0471 e. The van der Waals surface area contributed by atoms with Gasteiger partial charge in [-0.1, -0.05) is 0 Å². The highest BCUT2D eigenvalue weighted by Gasteiger charge is 2.17. The molecule has 1 saturated heterocycles. The van der Waals surface area contributed by atoms with Gasteiger partial charge in [-0.2, -0.15) is 0 Å². The minimum absolute atomic E-state index is 0.590. The lowest BCUT2D eigenvalue weighted by atomic mass is 9.95. The van der Waals surface area contributed by atoms with Gasteiger partial charge in [0.05, 0.1) is 0 Å². The molecule has 16 heavy (non-hydrogen) atoms. The Morgan fingerprint density at radius 2 is 2.19 bits per heavy atom. The van der Waals surface area contributed by atoms with Crippen molar-refractivity contribution in [1.82, 2.24) is 10.3 Å². The lowest BCUT2D eigenvalue weighted by molar-refractivity contribution is 0.454. The molecule has 1 atom stereocenters. The van der Waals surface area contributed by atoms with Crippen LogP contribution in [0.25, 0.3) is 0 Å². The van der Waals surface area contributed by atoms with Crippen LogP contribution in [0.15, 0.2) is 12.1 Å². The molecule has 0 amide bonds. The molecule has 0 aliphatic carbocycles. The molecule has 1 fully saturated rings. The Kier molecular flexibility index (Phi) is 3.44. The van der Waals surface area contributed by atoms with Gasteiger partial charge in [0, 0.05) is 43.6 Å². The zero-order valence-electron chi connectivity index (χ0n) is 10.5. The highest BCUT2D eigenvalue weighted by Crippen LogP contribution is 2.25. The van der Waals surface area contributed by atoms with Crippen LogP contribution in [-0.2, 0) is 0 Å². The van der Waals surface area contributed by atoms with Gasteiger partial charge in [0.2, 0.25) is 0 Å². The van der Waals surface area contributed by atoms with Crippen LogP contribution in [0, 0.1) is 6.92 Å². The van der Waals surface area contributed by atoms with Crippen LogP contribution >= 0.6 is 0 Å². The van der Waals surface area contributed by atoms with Gasteiger partial charge in [0.15, 0.2) is 0 Å². The van der Waals surface area contributed by atoms with Crippen molar-refractivity contribution in [2.75, 3.05) is 32.1 Å². The minimum atomic E-state index is 0.590. The summed E-state index contributed by atoms with van der Waals surface area (Å²) in [7, 11) is 4.16. The summed E-state index contributed by atoms with van der Waals surface area (Å²) in [6.07, 6.45) is 2.52. The number of aryl methyl sites for hydroxylation is 1. The van der Waals surface area contributed by atoms with Gasteiger partial charge in [-0.25, -0.2) is 0 Å². The first-order valence-corrected chi connectivity index (χ1v) is 6.03. The molecule has 88 valence electrons. The van der Waals surface area contributed by atoms with Crippen LogP contribution in [0.2, 0.25) is 0 Å². The van der Waals surface area contributed by atoms with Crippen LogP contribution in [0.3, 0.4) is 0 Å². The fraction of sp³-hybridized carbons (Fsp3) is 0.615. The average molecular weight is 219 g/mol. The zero-order chi connectivity index (χ0) is 11.5. The SMILES string of the molecule is Cc1cc(N(C)C)cc([C@H]2CCCNC2)n1. The standard InChI is InChI=1S/C13H21N3/c1-10-7-12(16(2)3)8-13(15-10)11-5-4-6-14-9-11/h7-8,11,14H,4-6,9H2,1-3H3/t11-/m0/s1. The monoisotopic (exact) mass is 219 g/mol. The zero-order valence-corrected chi connectivity index (χ0v) is 10.5. The Morgan fingerprint density at radius 3 is 2.81 bits per heavy atom. The molecule has 3 nitrogen and oxygen atoms in total. The first kappa shape index (κ1) is 11.4. The number of piperidine rings is 1. The van der Waals surface area contributed by atoms with Crippen molar-refractivity contribution >= 4 is 5.69 Å². The quantitative estimate of drug-likeness (QED) is 0.823. The molecule has 1 aliphatic heterocycles. The van der Waals surface area contributed by atoms with E-state index in [2.05, 4.69) is 48.4 Å². The number of rotatable bonds is 2. The first-order valence-electron chi connectivity index (χ1n) is 6.03. The molecule has 0 unspecified atom stereocenters. The van der Waals surface area contributed by atoms with Crippen molar-refractivity contribution in [3.05, 3.63) is 23.5 Å². The molecular formula is C13H21N3. The fourth-order valence-electron chi connectivity index (χ4n) is 2.25. The highest BCUT2D eigenvalue weighted by atomic mass is 15.1. The van der Waals surface area contributed by atoms with E-state index >= 15 is 0 Å². The van der Waals surface area contributed by atoms with E-state index in [0.29, 0.717) is 5.92 Å². The third-order valence-electron chi connectivity index (χ3n) is 3.19. The number of anilines is 1. The first-order chi connectivity index (χ1) is 7.66. The maximum atomic E-state index is 4.67. The summed E-state index contributed by atoms with van der Waals surface area (Å²) >= 11 is 0. The van der Waals surface area contributed by atoms with Gasteiger partial charge in [-0.3, -0.25) is 4.98 Å². The van der Waals surface area contributed by atoms with Crippen LogP contribution in [0.1, 0.15) is 30.1 Å². The predicted molar refractivity (Wildman–Crippen MR) is 68.1 cm³/mol. The Bertz CT molecular complexity index is 354. The van der Waals surface area contributed by atoms with E-state index in [4.69, 9.17) is 0 Å². The van der Waals surface area contributed by atoms with Crippen LogP contribution in [0.4, 0.5) is 5.69 Å². The molecule has 2 rings (SSSR count). The Balaban J connectivity index is 2.25. The fourth-order valence-corrected chi connectivity index (χ4v) is 2.25. The smallest absolute Gasteiger partial charge is 0.0471 e. The normalized spacial score (nSPS) is 20.8. The van der Waals surface area contributed by atoms with E-state index in [0.717, 1.165) is 18.8 Å². The third kappa shape index (κ3) is 2.53. The molecule has 1 aromatic heterocycles. The molecular weight excluding hydrogens is 198 g/mol. The lowest BCUT2D eigenvalue weighted by Gasteiger charge is -2.24. The number of hydrogen-bond donors (Lipinski definition) is 1. The van der Waals surface area contributed by atoms with E-state index in [1.807, 2.05) is 0 Å². The van der Waals surface area contributed by atoms with Crippen LogP contribution in [0.5, 0.6) is 0 Å². The Hall–Kier alpha value is -1.09. The van der Waals surface area contributed by atoms with E-state index in [-0.39, 0.29) is 0 Å². The molecule has 0 radical (unpaired) electrons. The lowest BCUT2D eigenvalue weighted by Crippen LogP contribution is -2.29. The second kappa shape index (κ2) is 4.83. The Labute approximate surface area is 97.9 Å². The summed E-state index contributed by atoms with van der Waals surface area (Å²) in [5, 5.41) is 3.45. The number of nitrogens with zero attached hydrogens (tertiary/aromatic N) is 2. The molecule has 0 saturated carbocycles. The number of nitrogens with one attached hydrogen (secondary N) is 1. The van der Waals surface area contributed by atoms with Gasteiger partial charge < -0.3 is 10.2 Å². The summed E-state index contributed by atoms with van der Waals surface area (Å²) in [5.41, 5.74) is 3.62. The van der Waals surface area contributed by atoms with E-state index in [1.165, 1.54) is 24.2 Å². The van der Waals surface area contributed by atoms with E-state index < -0.39 is 0 Å². The van der Waals surface area contributed by atoms with Gasteiger partial charge in [-0.05, 0) is 38.4 Å². The minimum Gasteiger partial charge on any atom is -0.378 e. The summed E-state index contributed by atoms with van der Waals surface area (Å²) in [4.78, 5) is 6.82. The molecule has 1 aromatic rings. The van der Waals surface area contributed by atoms with Crippen molar-refractivity contribution < 1.29 is 0 Å². The van der Waals surface area contributed by atoms with Crippen LogP contribution in [-0.4, -0.2) is 32.2 Å². The molecule has 0 aromatic carbocycles. The number of hydrogen-bond acceptors (Lipinski definition) is 3. The molecule has 1 aliphatic rings. The third-order valence-corrected chi connectivity index (χ3v) is 3.19. The van der Waals surface area contributed by atoms with Crippen molar-refractivity contribution in [2.45, 2.75) is 25.7 Å². The second-order valence-corrected chi connectivity index (χ2v) is 4.83. The van der Waals surface area contributed by atoms with E-state index in [1.54, 1.807) is 0 Å². The molecule has 3 heteroatoms. The summed E-state index contributed by atoms with van der Waals surface area (Å²) < 4.78 is 0. The van der Waals surface area contributed by atoms with Crippen molar-refractivity contribution in [1.29, 1.82) is 0 Å². The van der Waals surface area contributed by atoms with Gasteiger partial charge in [-0.15, -0.1) is 0 Å². The molecule has 2 heterocycles. The second-order valence-electron chi connectivity index (χ2n) is 4.83. The van der Waals surface area contributed by atoms with Gasteiger partial charge in [0.1, 0.15) is 0 Å². The van der Waals surface area contributed by atoms with Gasteiger partial charge >= 0.3 is 0 Å². The number of pyridine rings is 1. The largest absolute Gasteiger partial charge is 0.378 e. The summed E-state index contributed by atoms with van der Waals surface area (Å²) in [6, 6.07) is 4.37. The maximum absolute atomic E-state index is 4.67. The topological polar surface area (TPSA) is 28.2 Å². The molecule has 0 bridgehead atoms. The van der Waals surface area contributed by atoms with Gasteiger partial charge in [0.25, 0.3) is 0 Å². The van der Waals surface area contributed by atoms with E-state index in [9.17, 15) is 0 Å². The molecule has 0 spiro atoms. The number of aromatic nitrogens is 1. The van der Waals surface area contributed by atoms with Crippen LogP contribution < -0.4 is 10.2 Å². The summed E-state index contributed by atoms with van der Waals surface area (Å²) in [6.45, 7) is 4.30. The highest BCUT2D eigenvalue weighted by molar-refractivity contribution is 5.47. The summed E-state index contributed by atoms with van der Waals surface area (Å²) in [5.74, 6) is 0.590. The molecule has 1 N–H and O–H groups in total. The predicted octanol–water partition coefficient (Wildman–Crippen LogP) is 1.92. The van der Waals surface area contributed by atoms with Crippen molar-refractivity contribution in [2.24, 2.45) is 0 Å². The van der Waals surface area contributed by atoms with Crippen molar-refractivity contribution in [3.63, 3.8) is 0 Å².